The predicted molar refractivity (Wildman–Crippen MR) is 66.7 cm³/mol. The molecular formula is C13H15BrO2. The van der Waals surface area contributed by atoms with Crippen LogP contribution in [-0.4, -0.2) is 18.5 Å². The van der Waals surface area contributed by atoms with Gasteiger partial charge in [0.1, 0.15) is 0 Å². The Balaban J connectivity index is 1.84. The topological polar surface area (TPSA) is 18.5 Å². The highest BCUT2D eigenvalue weighted by Gasteiger charge is 2.37. The average molecular weight is 283 g/mol. The molecule has 0 amide bonds. The van der Waals surface area contributed by atoms with Gasteiger partial charge < -0.3 is 9.47 Å². The van der Waals surface area contributed by atoms with Gasteiger partial charge >= 0.3 is 0 Å². The molecule has 3 rings (SSSR count). The van der Waals surface area contributed by atoms with Crippen molar-refractivity contribution in [2.75, 3.05) is 18.5 Å². The number of hydrogen-bond donors (Lipinski definition) is 0. The van der Waals surface area contributed by atoms with Gasteiger partial charge in [0.2, 0.25) is 0 Å². The van der Waals surface area contributed by atoms with Crippen molar-refractivity contribution in [2.24, 2.45) is 5.92 Å². The first-order valence-corrected chi connectivity index (χ1v) is 6.96. The minimum atomic E-state index is 0.719. The van der Waals surface area contributed by atoms with Crippen LogP contribution < -0.4 is 9.47 Å². The van der Waals surface area contributed by atoms with Crippen molar-refractivity contribution in [3.05, 3.63) is 23.8 Å². The largest absolute Gasteiger partial charge is 0.490 e. The predicted octanol–water partition coefficient (Wildman–Crippen LogP) is 3.35. The van der Waals surface area contributed by atoms with Gasteiger partial charge in [0.25, 0.3) is 0 Å². The maximum absolute atomic E-state index is 5.70. The van der Waals surface area contributed by atoms with E-state index < -0.39 is 0 Å². The number of benzene rings is 1. The van der Waals surface area contributed by atoms with Gasteiger partial charge in [0.15, 0.2) is 11.5 Å². The third-order valence-corrected chi connectivity index (χ3v) is 4.15. The Kier molecular flexibility index (Phi) is 2.80. The first-order chi connectivity index (χ1) is 7.88. The normalized spacial score (nSPS) is 27.3. The highest BCUT2D eigenvalue weighted by Crippen LogP contribution is 2.49. The monoisotopic (exact) mass is 282 g/mol. The molecular weight excluding hydrogens is 268 g/mol. The lowest BCUT2D eigenvalue weighted by Crippen LogP contribution is -1.97. The van der Waals surface area contributed by atoms with Crippen LogP contribution in [0.5, 0.6) is 11.5 Å². The molecule has 2 unspecified atom stereocenters. The molecule has 2 atom stereocenters. The van der Waals surface area contributed by atoms with E-state index in [9.17, 15) is 0 Å². The number of hydrogen-bond acceptors (Lipinski definition) is 2. The number of alkyl halides is 1. The molecule has 1 aromatic rings. The van der Waals surface area contributed by atoms with Gasteiger partial charge in [-0.2, -0.15) is 0 Å². The molecule has 1 aliphatic heterocycles. The van der Waals surface area contributed by atoms with E-state index in [0.29, 0.717) is 0 Å². The molecule has 2 nitrogen and oxygen atoms in total. The zero-order chi connectivity index (χ0) is 11.0. The van der Waals surface area contributed by atoms with Gasteiger partial charge in [0, 0.05) is 11.8 Å². The van der Waals surface area contributed by atoms with E-state index >= 15 is 0 Å². The third-order valence-electron chi connectivity index (χ3n) is 3.32. The molecule has 1 aliphatic carbocycles. The summed E-state index contributed by atoms with van der Waals surface area (Å²) in [4.78, 5) is 0. The summed E-state index contributed by atoms with van der Waals surface area (Å²) in [5.41, 5.74) is 1.40. The molecule has 2 aliphatic rings. The van der Waals surface area contributed by atoms with Crippen molar-refractivity contribution in [3.63, 3.8) is 0 Å². The summed E-state index contributed by atoms with van der Waals surface area (Å²) in [6.45, 7) is 1.53. The molecule has 0 bridgehead atoms. The van der Waals surface area contributed by atoms with Gasteiger partial charge in [-0.15, -0.1) is 0 Å². The molecule has 0 aromatic heterocycles. The van der Waals surface area contributed by atoms with Crippen LogP contribution in [0.25, 0.3) is 0 Å². The fourth-order valence-electron chi connectivity index (χ4n) is 2.24. The number of rotatable bonds is 2. The lowest BCUT2D eigenvalue weighted by molar-refractivity contribution is 0.297. The highest BCUT2D eigenvalue weighted by molar-refractivity contribution is 9.09. The smallest absolute Gasteiger partial charge is 0.161 e. The Morgan fingerprint density at radius 1 is 1.19 bits per heavy atom. The molecule has 0 radical (unpaired) electrons. The van der Waals surface area contributed by atoms with Crippen LogP contribution in [0.1, 0.15) is 24.3 Å². The molecule has 86 valence electrons. The number of fused-ring (bicyclic) bond motifs is 1. The minimum absolute atomic E-state index is 0.719. The van der Waals surface area contributed by atoms with Gasteiger partial charge in [-0.05, 0) is 36.0 Å². The molecule has 0 N–H and O–H groups in total. The lowest BCUT2D eigenvalue weighted by Gasteiger charge is -2.08. The molecule has 16 heavy (non-hydrogen) atoms. The lowest BCUT2D eigenvalue weighted by atomic mass is 10.1. The van der Waals surface area contributed by atoms with E-state index in [0.717, 1.165) is 48.3 Å². The van der Waals surface area contributed by atoms with Gasteiger partial charge in [-0.1, -0.05) is 22.0 Å². The first kappa shape index (κ1) is 10.5. The van der Waals surface area contributed by atoms with Crippen LogP contribution in [0, 0.1) is 5.92 Å². The fraction of sp³-hybridized carbons (Fsp3) is 0.538. The van der Waals surface area contributed by atoms with Crippen molar-refractivity contribution in [1.82, 2.24) is 0 Å². The van der Waals surface area contributed by atoms with Crippen molar-refractivity contribution in [1.29, 1.82) is 0 Å². The van der Waals surface area contributed by atoms with Gasteiger partial charge in [-0.3, -0.25) is 0 Å². The SMILES string of the molecule is BrCC1CC1c1ccc2c(c1)OCCCO2. The van der Waals surface area contributed by atoms with Crippen LogP contribution in [-0.2, 0) is 0 Å². The van der Waals surface area contributed by atoms with E-state index in [4.69, 9.17) is 9.47 Å². The Labute approximate surface area is 104 Å². The zero-order valence-electron chi connectivity index (χ0n) is 9.12. The summed E-state index contributed by atoms with van der Waals surface area (Å²) in [6.07, 6.45) is 2.27. The molecule has 1 heterocycles. The minimum Gasteiger partial charge on any atom is -0.490 e. The Bertz CT molecular complexity index is 392. The second-order valence-electron chi connectivity index (χ2n) is 4.51. The van der Waals surface area contributed by atoms with Gasteiger partial charge in [0.05, 0.1) is 13.2 Å². The third kappa shape index (κ3) is 1.93. The summed E-state index contributed by atoms with van der Waals surface area (Å²) in [5, 5.41) is 1.10. The zero-order valence-corrected chi connectivity index (χ0v) is 10.7. The van der Waals surface area contributed by atoms with Crippen molar-refractivity contribution in [2.45, 2.75) is 18.8 Å². The van der Waals surface area contributed by atoms with E-state index in [1.807, 2.05) is 0 Å². The van der Waals surface area contributed by atoms with E-state index in [2.05, 4.69) is 34.1 Å². The van der Waals surface area contributed by atoms with Crippen molar-refractivity contribution in [3.8, 4) is 11.5 Å². The van der Waals surface area contributed by atoms with Crippen molar-refractivity contribution < 1.29 is 9.47 Å². The summed E-state index contributed by atoms with van der Waals surface area (Å²) in [7, 11) is 0. The van der Waals surface area contributed by atoms with Crippen LogP contribution in [0.15, 0.2) is 18.2 Å². The molecule has 0 spiro atoms. The summed E-state index contributed by atoms with van der Waals surface area (Å²) >= 11 is 3.55. The van der Waals surface area contributed by atoms with E-state index in [1.54, 1.807) is 0 Å². The second kappa shape index (κ2) is 4.28. The highest BCUT2D eigenvalue weighted by atomic mass is 79.9. The molecule has 1 aromatic carbocycles. The van der Waals surface area contributed by atoms with Crippen LogP contribution in [0.2, 0.25) is 0 Å². The molecule has 3 heteroatoms. The van der Waals surface area contributed by atoms with Crippen LogP contribution in [0.4, 0.5) is 0 Å². The maximum atomic E-state index is 5.70. The Hall–Kier alpha value is -0.700. The van der Waals surface area contributed by atoms with Gasteiger partial charge in [-0.25, -0.2) is 0 Å². The van der Waals surface area contributed by atoms with E-state index in [1.165, 1.54) is 12.0 Å². The first-order valence-electron chi connectivity index (χ1n) is 5.84. The fourth-order valence-corrected chi connectivity index (χ4v) is 2.95. The second-order valence-corrected chi connectivity index (χ2v) is 5.16. The molecule has 0 saturated heterocycles. The van der Waals surface area contributed by atoms with E-state index in [-0.39, 0.29) is 0 Å². The molecule has 1 saturated carbocycles. The maximum Gasteiger partial charge on any atom is 0.161 e. The Morgan fingerprint density at radius 3 is 2.75 bits per heavy atom. The summed E-state index contributed by atoms with van der Waals surface area (Å²) in [5.74, 6) is 3.36. The standard InChI is InChI=1S/C13H15BrO2/c14-8-10-6-11(10)9-2-3-12-13(7-9)16-5-1-4-15-12/h2-3,7,10-11H,1,4-6,8H2. The van der Waals surface area contributed by atoms with Crippen LogP contribution in [0.3, 0.4) is 0 Å². The average Bonchev–Trinajstić information content (AvgIpc) is 3.11. The quantitative estimate of drug-likeness (QED) is 0.775. The molecule has 1 fully saturated rings. The summed E-state index contributed by atoms with van der Waals surface area (Å²) in [6, 6.07) is 6.40. The van der Waals surface area contributed by atoms with Crippen molar-refractivity contribution >= 4 is 15.9 Å². The number of ether oxygens (including phenoxy) is 2. The number of halogens is 1. The van der Waals surface area contributed by atoms with Crippen LogP contribution >= 0.6 is 15.9 Å². The summed E-state index contributed by atoms with van der Waals surface area (Å²) < 4.78 is 11.3. The Morgan fingerprint density at radius 2 is 2.00 bits per heavy atom.